The molecule has 3 amide bonds. The van der Waals surface area contributed by atoms with Crippen LogP contribution in [0.2, 0.25) is 0 Å². The second kappa shape index (κ2) is 15.8. The minimum atomic E-state index is -0.605. The molecular weight excluding hydrogens is 620 g/mol. The molecule has 3 N–H and O–H groups in total. The van der Waals surface area contributed by atoms with E-state index in [9.17, 15) is 19.2 Å². The lowest BCUT2D eigenvalue weighted by atomic mass is 9.49. The Morgan fingerprint density at radius 1 is 0.857 bits per heavy atom. The maximum absolute atomic E-state index is 13.7. The standard InChI is InChI=1S/C39H48N4O6/c1-26(12-14-41-38(47)49-23-27-8-4-2-5-9-27)16-34(44)40-15-13-32(31-10-6-3-7-11-31)35(45)37-43-33(24-48-37)36(46)42-25-39-20-28-17-29(21-39)19-30(18-28)22-39/h2-11,24,26,28-30,32H,12-23,25H2,1H3,(H,40,44)(H,41,47)(H,42,46). The van der Waals surface area contributed by atoms with Gasteiger partial charge in [-0.25, -0.2) is 9.78 Å². The number of alkyl carbamates (subject to hydrolysis) is 1. The van der Waals surface area contributed by atoms with Gasteiger partial charge in [-0.1, -0.05) is 67.6 Å². The third kappa shape index (κ3) is 9.16. The number of aromatic nitrogens is 1. The van der Waals surface area contributed by atoms with Gasteiger partial charge >= 0.3 is 6.09 Å². The summed E-state index contributed by atoms with van der Waals surface area (Å²) in [6.07, 6.45) is 9.64. The van der Waals surface area contributed by atoms with E-state index in [4.69, 9.17) is 9.15 Å². The first-order chi connectivity index (χ1) is 23.7. The summed E-state index contributed by atoms with van der Waals surface area (Å²) in [6.45, 7) is 3.47. The highest BCUT2D eigenvalue weighted by atomic mass is 16.5. The fourth-order valence-electron chi connectivity index (χ4n) is 8.68. The van der Waals surface area contributed by atoms with Crippen molar-refractivity contribution < 1.29 is 28.3 Å². The Kier molecular flexibility index (Phi) is 11.1. The summed E-state index contributed by atoms with van der Waals surface area (Å²) in [5.74, 6) is 0.937. The minimum Gasteiger partial charge on any atom is -0.445 e. The van der Waals surface area contributed by atoms with E-state index in [-0.39, 0.29) is 60.1 Å². The zero-order chi connectivity index (χ0) is 34.2. The Morgan fingerprint density at radius 2 is 1.49 bits per heavy atom. The summed E-state index contributed by atoms with van der Waals surface area (Å²) >= 11 is 0. The Hall–Kier alpha value is -4.47. The number of oxazole rings is 1. The molecule has 49 heavy (non-hydrogen) atoms. The van der Waals surface area contributed by atoms with Crippen LogP contribution in [-0.4, -0.2) is 48.3 Å². The molecule has 0 radical (unpaired) electrons. The highest BCUT2D eigenvalue weighted by molar-refractivity contribution is 5.99. The first kappa shape index (κ1) is 34.4. The number of nitrogens with one attached hydrogen (secondary N) is 3. The normalized spacial score (nSPS) is 23.3. The summed E-state index contributed by atoms with van der Waals surface area (Å²) in [5, 5.41) is 8.78. The van der Waals surface area contributed by atoms with Crippen molar-refractivity contribution in [3.63, 3.8) is 0 Å². The van der Waals surface area contributed by atoms with Crippen LogP contribution in [0.4, 0.5) is 4.79 Å². The van der Waals surface area contributed by atoms with Gasteiger partial charge in [0.2, 0.25) is 11.7 Å². The number of amides is 3. The molecule has 1 heterocycles. The third-order valence-corrected chi connectivity index (χ3v) is 10.7. The number of carbonyl (C=O) groups excluding carboxylic acids is 4. The average Bonchev–Trinajstić information content (AvgIpc) is 3.59. The number of rotatable bonds is 16. The van der Waals surface area contributed by atoms with Gasteiger partial charge in [0.1, 0.15) is 12.9 Å². The first-order valence-corrected chi connectivity index (χ1v) is 17.8. The van der Waals surface area contributed by atoms with Crippen molar-refractivity contribution in [2.45, 2.75) is 77.2 Å². The van der Waals surface area contributed by atoms with E-state index in [0.29, 0.717) is 25.9 Å². The molecule has 0 spiro atoms. The fourth-order valence-corrected chi connectivity index (χ4v) is 8.68. The average molecular weight is 669 g/mol. The Morgan fingerprint density at radius 3 is 2.16 bits per heavy atom. The van der Waals surface area contributed by atoms with Crippen molar-refractivity contribution in [2.24, 2.45) is 29.1 Å². The summed E-state index contributed by atoms with van der Waals surface area (Å²) < 4.78 is 10.8. The Labute approximate surface area is 288 Å². The number of benzene rings is 2. The van der Waals surface area contributed by atoms with Crippen LogP contribution in [0.15, 0.2) is 71.3 Å². The summed E-state index contributed by atoms with van der Waals surface area (Å²) in [5.41, 5.74) is 2.00. The number of hydrogen-bond donors (Lipinski definition) is 3. The second-order valence-corrected chi connectivity index (χ2v) is 14.7. The van der Waals surface area contributed by atoms with Crippen LogP contribution >= 0.6 is 0 Å². The second-order valence-electron chi connectivity index (χ2n) is 14.7. The minimum absolute atomic E-state index is 0.0285. The molecule has 4 saturated carbocycles. The highest BCUT2D eigenvalue weighted by Crippen LogP contribution is 2.59. The lowest BCUT2D eigenvalue weighted by Gasteiger charge is -2.56. The number of hydrogen-bond acceptors (Lipinski definition) is 7. The van der Waals surface area contributed by atoms with Crippen molar-refractivity contribution in [3.05, 3.63) is 89.6 Å². The summed E-state index contributed by atoms with van der Waals surface area (Å²) in [7, 11) is 0. The molecule has 4 bridgehead atoms. The van der Waals surface area contributed by atoms with Crippen molar-refractivity contribution in [1.29, 1.82) is 0 Å². The summed E-state index contributed by atoms with van der Waals surface area (Å²) in [4.78, 5) is 55.8. The fraction of sp³-hybridized carbons (Fsp3) is 0.513. The summed E-state index contributed by atoms with van der Waals surface area (Å²) in [6, 6.07) is 18.8. The number of carbonyl (C=O) groups is 4. The van der Waals surface area contributed by atoms with Crippen LogP contribution in [0.25, 0.3) is 0 Å². The molecule has 2 aromatic carbocycles. The van der Waals surface area contributed by atoms with E-state index in [1.165, 1.54) is 44.8 Å². The maximum atomic E-state index is 13.7. The molecule has 2 unspecified atom stereocenters. The molecular formula is C39H48N4O6. The molecule has 0 aliphatic heterocycles. The molecule has 4 aliphatic carbocycles. The van der Waals surface area contributed by atoms with Gasteiger partial charge in [0, 0.05) is 26.1 Å². The zero-order valence-corrected chi connectivity index (χ0v) is 28.3. The topological polar surface area (TPSA) is 140 Å². The van der Waals surface area contributed by atoms with Gasteiger partial charge in [-0.05, 0) is 91.6 Å². The SMILES string of the molecule is CC(CCNC(=O)OCc1ccccc1)CC(=O)NCCC(C(=O)c1nc(C(=O)NCC23CC4CC(CC(C4)C2)C3)co1)c1ccccc1. The number of ketones is 1. The van der Waals surface area contributed by atoms with E-state index in [2.05, 4.69) is 20.9 Å². The lowest BCUT2D eigenvalue weighted by Crippen LogP contribution is -2.51. The molecule has 260 valence electrons. The predicted molar refractivity (Wildman–Crippen MR) is 184 cm³/mol. The molecule has 1 aromatic heterocycles. The predicted octanol–water partition coefficient (Wildman–Crippen LogP) is 6.44. The quantitative estimate of drug-likeness (QED) is 0.149. The van der Waals surface area contributed by atoms with Crippen LogP contribution < -0.4 is 16.0 Å². The van der Waals surface area contributed by atoms with Crippen LogP contribution in [-0.2, 0) is 16.1 Å². The molecule has 4 aliphatic rings. The van der Waals surface area contributed by atoms with Gasteiger partial charge in [-0.3, -0.25) is 14.4 Å². The third-order valence-electron chi connectivity index (χ3n) is 10.7. The van der Waals surface area contributed by atoms with E-state index in [1.54, 1.807) is 0 Å². The maximum Gasteiger partial charge on any atom is 0.407 e. The number of nitrogens with zero attached hydrogens (tertiary/aromatic N) is 1. The van der Waals surface area contributed by atoms with Crippen LogP contribution in [0, 0.1) is 29.1 Å². The Bertz CT molecular complexity index is 1550. The molecule has 10 nitrogen and oxygen atoms in total. The molecule has 2 atom stereocenters. The largest absolute Gasteiger partial charge is 0.445 e. The van der Waals surface area contributed by atoms with E-state index < -0.39 is 12.0 Å². The van der Waals surface area contributed by atoms with Crippen molar-refractivity contribution in [2.75, 3.05) is 19.6 Å². The molecule has 4 fully saturated rings. The number of ether oxygens (including phenoxy) is 1. The number of Topliss-reactive ketones (excluding diaryl/α,β-unsaturated/α-hetero) is 1. The van der Waals surface area contributed by atoms with Gasteiger partial charge in [0.15, 0.2) is 5.69 Å². The van der Waals surface area contributed by atoms with Crippen LogP contribution in [0.1, 0.15) is 103 Å². The van der Waals surface area contributed by atoms with Crippen LogP contribution in [0.5, 0.6) is 0 Å². The smallest absolute Gasteiger partial charge is 0.407 e. The highest BCUT2D eigenvalue weighted by Gasteiger charge is 2.50. The van der Waals surface area contributed by atoms with Crippen molar-refractivity contribution >= 4 is 23.7 Å². The van der Waals surface area contributed by atoms with Crippen molar-refractivity contribution in [1.82, 2.24) is 20.9 Å². The van der Waals surface area contributed by atoms with E-state index in [1.807, 2.05) is 67.6 Å². The van der Waals surface area contributed by atoms with Crippen LogP contribution in [0.3, 0.4) is 0 Å². The van der Waals surface area contributed by atoms with Crippen molar-refractivity contribution in [3.8, 4) is 0 Å². The van der Waals surface area contributed by atoms with E-state index in [0.717, 1.165) is 28.9 Å². The molecule has 3 aromatic rings. The van der Waals surface area contributed by atoms with E-state index >= 15 is 0 Å². The first-order valence-electron chi connectivity index (χ1n) is 17.8. The lowest BCUT2D eigenvalue weighted by molar-refractivity contribution is -0.121. The monoisotopic (exact) mass is 668 g/mol. The van der Waals surface area contributed by atoms with Gasteiger partial charge in [0.25, 0.3) is 11.8 Å². The van der Waals surface area contributed by atoms with Gasteiger partial charge in [0.05, 0.1) is 5.92 Å². The molecule has 7 rings (SSSR count). The molecule has 10 heteroatoms. The zero-order valence-electron chi connectivity index (χ0n) is 28.3. The van der Waals surface area contributed by atoms with Gasteiger partial charge in [-0.2, -0.15) is 0 Å². The Balaban J connectivity index is 0.948. The molecule has 0 saturated heterocycles. The van der Waals surface area contributed by atoms with Gasteiger partial charge in [-0.15, -0.1) is 0 Å². The van der Waals surface area contributed by atoms with Gasteiger partial charge < -0.3 is 25.1 Å².